The second-order valence-electron chi connectivity index (χ2n) is 5.06. The van der Waals surface area contributed by atoms with E-state index in [0.29, 0.717) is 24.9 Å². The first kappa shape index (κ1) is 14.2. The summed E-state index contributed by atoms with van der Waals surface area (Å²) in [6.45, 7) is 1.98. The van der Waals surface area contributed by atoms with Crippen LogP contribution in [0.3, 0.4) is 0 Å². The van der Waals surface area contributed by atoms with Gasteiger partial charge in [0.2, 0.25) is 5.91 Å². The van der Waals surface area contributed by atoms with Crippen LogP contribution in [0.5, 0.6) is 0 Å². The van der Waals surface area contributed by atoms with Gasteiger partial charge in [-0.1, -0.05) is 12.1 Å². The number of hydrogen-bond donors (Lipinski definition) is 1. The van der Waals surface area contributed by atoms with Gasteiger partial charge < -0.3 is 10.0 Å². The lowest BCUT2D eigenvalue weighted by Gasteiger charge is -2.30. The summed E-state index contributed by atoms with van der Waals surface area (Å²) in [4.78, 5) is 24.7. The fourth-order valence-corrected chi connectivity index (χ4v) is 2.41. The number of aliphatic carboxylic acids is 1. The fourth-order valence-electron chi connectivity index (χ4n) is 2.41. The molecule has 2 rings (SSSR count). The molecule has 1 saturated heterocycles. The highest BCUT2D eigenvalue weighted by atomic mass is 19.1. The molecule has 1 atom stereocenters. The van der Waals surface area contributed by atoms with Crippen molar-refractivity contribution in [1.29, 1.82) is 0 Å². The number of carbonyl (C=O) groups is 2. The van der Waals surface area contributed by atoms with Crippen LogP contribution in [0.1, 0.15) is 25.3 Å². The predicted molar refractivity (Wildman–Crippen MR) is 72.4 cm³/mol. The highest BCUT2D eigenvalue weighted by Crippen LogP contribution is 2.29. The Morgan fingerprint density at radius 3 is 2.85 bits per heavy atom. The van der Waals surface area contributed by atoms with E-state index in [-0.39, 0.29) is 11.7 Å². The van der Waals surface area contributed by atoms with Crippen molar-refractivity contribution >= 4 is 18.0 Å². The molecule has 1 aliphatic heterocycles. The molecular weight excluding hydrogens is 261 g/mol. The van der Waals surface area contributed by atoms with Gasteiger partial charge in [-0.2, -0.15) is 0 Å². The summed E-state index contributed by atoms with van der Waals surface area (Å²) in [5.41, 5.74) is -0.585. The van der Waals surface area contributed by atoms with Gasteiger partial charge in [0.05, 0.1) is 0 Å². The maximum atomic E-state index is 13.0. The highest BCUT2D eigenvalue weighted by Gasteiger charge is 2.45. The van der Waals surface area contributed by atoms with Crippen molar-refractivity contribution in [1.82, 2.24) is 4.90 Å². The van der Waals surface area contributed by atoms with Crippen LogP contribution in [0.25, 0.3) is 6.08 Å². The van der Waals surface area contributed by atoms with Gasteiger partial charge in [-0.15, -0.1) is 0 Å². The first-order valence-corrected chi connectivity index (χ1v) is 6.42. The zero-order valence-corrected chi connectivity index (χ0v) is 11.2. The van der Waals surface area contributed by atoms with Crippen molar-refractivity contribution in [2.75, 3.05) is 6.54 Å². The minimum Gasteiger partial charge on any atom is -0.480 e. The van der Waals surface area contributed by atoms with Crippen LogP contribution < -0.4 is 0 Å². The number of carboxylic acid groups (broad SMARTS) is 1. The van der Waals surface area contributed by atoms with E-state index in [4.69, 9.17) is 0 Å². The van der Waals surface area contributed by atoms with Gasteiger partial charge in [0, 0.05) is 12.6 Å². The minimum absolute atomic E-state index is 0.364. The van der Waals surface area contributed by atoms with Crippen LogP contribution >= 0.6 is 0 Å². The predicted octanol–water partition coefficient (Wildman–Crippen LogP) is 2.30. The number of likely N-dealkylation sites (tertiary alicyclic amines) is 1. The molecule has 4 nitrogen and oxygen atoms in total. The number of benzene rings is 1. The molecule has 0 aliphatic carbocycles. The number of nitrogens with zero attached hydrogens (tertiary/aromatic N) is 1. The van der Waals surface area contributed by atoms with Gasteiger partial charge in [0.25, 0.3) is 0 Å². The Kier molecular flexibility index (Phi) is 3.88. The molecule has 0 spiro atoms. The van der Waals surface area contributed by atoms with Crippen LogP contribution in [-0.2, 0) is 9.59 Å². The molecule has 0 bridgehead atoms. The molecule has 1 amide bonds. The summed E-state index contributed by atoms with van der Waals surface area (Å²) < 4.78 is 13.0. The van der Waals surface area contributed by atoms with Crippen LogP contribution in [0.15, 0.2) is 30.3 Å². The largest absolute Gasteiger partial charge is 0.480 e. The number of amides is 1. The number of halogens is 1. The Hall–Kier alpha value is -2.17. The molecule has 1 aliphatic rings. The zero-order chi connectivity index (χ0) is 14.8. The van der Waals surface area contributed by atoms with Crippen molar-refractivity contribution in [2.24, 2.45) is 0 Å². The number of carboxylic acids is 1. The Labute approximate surface area is 116 Å². The van der Waals surface area contributed by atoms with Crippen molar-refractivity contribution < 1.29 is 19.1 Å². The third-order valence-corrected chi connectivity index (χ3v) is 3.63. The molecule has 5 heteroatoms. The van der Waals surface area contributed by atoms with Crippen molar-refractivity contribution in [3.8, 4) is 0 Å². The third-order valence-electron chi connectivity index (χ3n) is 3.63. The topological polar surface area (TPSA) is 57.6 Å². The molecule has 1 aromatic rings. The first-order chi connectivity index (χ1) is 9.43. The summed E-state index contributed by atoms with van der Waals surface area (Å²) in [5, 5.41) is 9.25. The molecule has 1 aromatic carbocycles. The van der Waals surface area contributed by atoms with E-state index in [2.05, 4.69) is 0 Å². The molecule has 20 heavy (non-hydrogen) atoms. The van der Waals surface area contributed by atoms with E-state index in [1.807, 2.05) is 0 Å². The maximum absolute atomic E-state index is 13.0. The van der Waals surface area contributed by atoms with Gasteiger partial charge in [-0.05, 0) is 43.5 Å². The zero-order valence-electron chi connectivity index (χ0n) is 11.2. The monoisotopic (exact) mass is 277 g/mol. The maximum Gasteiger partial charge on any atom is 0.329 e. The normalized spacial score (nSPS) is 22.4. The quantitative estimate of drug-likeness (QED) is 0.862. The summed E-state index contributed by atoms with van der Waals surface area (Å²) in [6.07, 6.45) is 3.90. The van der Waals surface area contributed by atoms with E-state index in [1.54, 1.807) is 19.1 Å². The third kappa shape index (κ3) is 2.71. The van der Waals surface area contributed by atoms with Crippen molar-refractivity contribution in [2.45, 2.75) is 25.3 Å². The molecule has 1 unspecified atom stereocenters. The second kappa shape index (κ2) is 5.45. The smallest absolute Gasteiger partial charge is 0.329 e. The lowest BCUT2D eigenvalue weighted by molar-refractivity contribution is -0.153. The lowest BCUT2D eigenvalue weighted by Crippen LogP contribution is -2.50. The standard InChI is InChI=1S/C15H16FNO3/c1-15(14(19)20)8-3-9-17(15)13(18)7-6-11-4-2-5-12(16)10-11/h2,4-7,10H,3,8-9H2,1H3,(H,19,20). The van der Waals surface area contributed by atoms with Gasteiger partial charge in [0.15, 0.2) is 0 Å². The Balaban J connectivity index is 2.14. The Morgan fingerprint density at radius 1 is 1.45 bits per heavy atom. The van der Waals surface area contributed by atoms with E-state index in [1.165, 1.54) is 29.2 Å². The van der Waals surface area contributed by atoms with Gasteiger partial charge in [-0.3, -0.25) is 4.79 Å². The molecular formula is C15H16FNO3. The molecule has 0 radical (unpaired) electrons. The fraction of sp³-hybridized carbons (Fsp3) is 0.333. The molecule has 1 heterocycles. The molecule has 1 N–H and O–H groups in total. The first-order valence-electron chi connectivity index (χ1n) is 6.42. The molecule has 0 saturated carbocycles. The van der Waals surface area contributed by atoms with Gasteiger partial charge in [-0.25, -0.2) is 9.18 Å². The van der Waals surface area contributed by atoms with E-state index < -0.39 is 11.5 Å². The van der Waals surface area contributed by atoms with Crippen LogP contribution in [0.4, 0.5) is 4.39 Å². The van der Waals surface area contributed by atoms with Crippen LogP contribution in [0, 0.1) is 5.82 Å². The van der Waals surface area contributed by atoms with Gasteiger partial charge in [0.1, 0.15) is 11.4 Å². The van der Waals surface area contributed by atoms with Crippen LogP contribution in [0.2, 0.25) is 0 Å². The van der Waals surface area contributed by atoms with E-state index in [0.717, 1.165) is 0 Å². The SMILES string of the molecule is CC1(C(=O)O)CCCN1C(=O)C=Cc1cccc(F)c1. The highest BCUT2D eigenvalue weighted by molar-refractivity contribution is 5.96. The average Bonchev–Trinajstić information content (AvgIpc) is 2.80. The lowest BCUT2D eigenvalue weighted by atomic mass is 9.99. The number of carbonyl (C=O) groups excluding carboxylic acids is 1. The summed E-state index contributed by atoms with van der Waals surface area (Å²) in [5.74, 6) is -1.74. The summed E-state index contributed by atoms with van der Waals surface area (Å²) in [7, 11) is 0. The molecule has 1 fully saturated rings. The van der Waals surface area contributed by atoms with Gasteiger partial charge >= 0.3 is 5.97 Å². The van der Waals surface area contributed by atoms with Crippen LogP contribution in [-0.4, -0.2) is 34.0 Å². The van der Waals surface area contributed by atoms with E-state index in [9.17, 15) is 19.1 Å². The summed E-state index contributed by atoms with van der Waals surface area (Å²) in [6, 6.07) is 5.86. The number of rotatable bonds is 3. The average molecular weight is 277 g/mol. The minimum atomic E-state index is -1.15. The van der Waals surface area contributed by atoms with Crippen molar-refractivity contribution in [3.63, 3.8) is 0 Å². The van der Waals surface area contributed by atoms with Crippen molar-refractivity contribution in [3.05, 3.63) is 41.7 Å². The Morgan fingerprint density at radius 2 is 2.20 bits per heavy atom. The molecule has 0 aromatic heterocycles. The summed E-state index contributed by atoms with van der Waals surface area (Å²) >= 11 is 0. The van der Waals surface area contributed by atoms with E-state index >= 15 is 0 Å². The number of hydrogen-bond acceptors (Lipinski definition) is 2. The second-order valence-corrected chi connectivity index (χ2v) is 5.06. The molecule has 106 valence electrons. The Bertz CT molecular complexity index is 570.